The molecule has 0 N–H and O–H groups in total. The van der Waals surface area contributed by atoms with E-state index in [0.717, 1.165) is 0 Å². The van der Waals surface area contributed by atoms with Crippen LogP contribution in [-0.2, 0) is 9.53 Å². The molecule has 0 aliphatic carbocycles. The third-order valence-corrected chi connectivity index (χ3v) is 1.80. The van der Waals surface area contributed by atoms with Crippen molar-refractivity contribution in [2.45, 2.75) is 19.6 Å². The number of hydrogen-bond acceptors (Lipinski definition) is 2. The van der Waals surface area contributed by atoms with Crippen LogP contribution >= 0.6 is 0 Å². The third-order valence-electron chi connectivity index (χ3n) is 0.878. The van der Waals surface area contributed by atoms with E-state index in [4.69, 9.17) is 0 Å². The van der Waals surface area contributed by atoms with Crippen molar-refractivity contribution in [3.05, 3.63) is 0 Å². The van der Waals surface area contributed by atoms with E-state index in [-0.39, 0.29) is 6.61 Å². The van der Waals surface area contributed by atoms with Crippen molar-refractivity contribution >= 4 is 14.0 Å². The molecule has 0 saturated carbocycles. The fourth-order valence-corrected chi connectivity index (χ4v) is 1.06. The molecule has 0 amide bonds. The van der Waals surface area contributed by atoms with Gasteiger partial charge >= 0.3 is 5.97 Å². The maximum atomic E-state index is 11.5. The smallest absolute Gasteiger partial charge is 0.338 e. The van der Waals surface area contributed by atoms with Crippen molar-refractivity contribution in [2.24, 2.45) is 0 Å². The van der Waals surface area contributed by atoms with Crippen LogP contribution in [-0.4, -0.2) is 27.3 Å². The van der Waals surface area contributed by atoms with Crippen LogP contribution in [0.15, 0.2) is 0 Å². The number of ether oxygens (including phenoxy) is 1. The van der Waals surface area contributed by atoms with Gasteiger partial charge in [0, 0.05) is 0 Å². The average molecular weight is 188 g/mol. The van der Waals surface area contributed by atoms with E-state index >= 15 is 0 Å². The lowest BCUT2D eigenvalue weighted by atomic mass is 10.7. The van der Waals surface area contributed by atoms with Gasteiger partial charge in [0.25, 0.3) is 0 Å². The minimum Gasteiger partial charge on any atom is -0.451 e. The second-order valence-corrected chi connectivity index (χ2v) is 8.10. The Bertz CT molecular complexity index is 209. The molecule has 0 atom stereocenters. The zero-order chi connectivity index (χ0) is 9.61. The van der Waals surface area contributed by atoms with Gasteiger partial charge < -0.3 is 4.74 Å². The molecular formula is C8H13FO2Si. The number of carbonyl (C=O) groups excluding carboxylic acids is 1. The Morgan fingerprint density at radius 2 is 2.08 bits per heavy atom. The Balaban J connectivity index is 3.67. The summed E-state index contributed by atoms with van der Waals surface area (Å²) in [5, 5.41) is 0. The molecule has 4 heteroatoms. The average Bonchev–Trinajstić information content (AvgIpc) is 1.96. The highest BCUT2D eigenvalue weighted by molar-refractivity contribution is 6.83. The van der Waals surface area contributed by atoms with E-state index in [1.165, 1.54) is 0 Å². The standard InChI is InChI=1S/C8H13FO2Si/c1-12(2,3)6-4-5-11-8(10)7-9/h5,7H2,1-3H3. The van der Waals surface area contributed by atoms with Crippen LogP contribution < -0.4 is 0 Å². The number of halogens is 1. The summed E-state index contributed by atoms with van der Waals surface area (Å²) >= 11 is 0. The molecule has 0 fully saturated rings. The summed E-state index contributed by atoms with van der Waals surface area (Å²) in [7, 11) is -1.39. The lowest BCUT2D eigenvalue weighted by Crippen LogP contribution is -2.17. The first-order valence-electron chi connectivity index (χ1n) is 3.67. The van der Waals surface area contributed by atoms with Gasteiger partial charge in [0.1, 0.15) is 8.07 Å². The number of carbonyl (C=O) groups is 1. The van der Waals surface area contributed by atoms with Crippen molar-refractivity contribution < 1.29 is 13.9 Å². The predicted molar refractivity (Wildman–Crippen MR) is 48.1 cm³/mol. The van der Waals surface area contributed by atoms with Crippen LogP contribution in [0, 0.1) is 11.5 Å². The molecule has 0 bridgehead atoms. The highest BCUT2D eigenvalue weighted by atomic mass is 28.3. The van der Waals surface area contributed by atoms with Gasteiger partial charge in [-0.15, -0.1) is 5.54 Å². The Hall–Kier alpha value is -0.823. The zero-order valence-corrected chi connectivity index (χ0v) is 8.61. The number of hydrogen-bond donors (Lipinski definition) is 0. The molecule has 0 aliphatic rings. The molecule has 0 saturated heterocycles. The zero-order valence-electron chi connectivity index (χ0n) is 7.61. The van der Waals surface area contributed by atoms with E-state index in [0.29, 0.717) is 0 Å². The van der Waals surface area contributed by atoms with Crippen LogP contribution in [0.25, 0.3) is 0 Å². The van der Waals surface area contributed by atoms with Crippen LogP contribution in [0.5, 0.6) is 0 Å². The molecule has 0 aromatic carbocycles. The Labute approximate surface area is 73.1 Å². The molecule has 0 aliphatic heterocycles. The molecule has 2 nitrogen and oxygen atoms in total. The summed E-state index contributed by atoms with van der Waals surface area (Å²) in [6, 6.07) is 0. The van der Waals surface area contributed by atoms with Gasteiger partial charge in [-0.2, -0.15) is 0 Å². The summed E-state index contributed by atoms with van der Waals surface area (Å²) in [6.45, 7) is 5.17. The topological polar surface area (TPSA) is 26.3 Å². The minimum absolute atomic E-state index is 0.00697. The maximum absolute atomic E-state index is 11.5. The van der Waals surface area contributed by atoms with Gasteiger partial charge in [0.05, 0.1) is 0 Å². The highest BCUT2D eigenvalue weighted by Gasteiger charge is 2.07. The molecule has 0 radical (unpaired) electrons. The molecule has 0 aromatic heterocycles. The van der Waals surface area contributed by atoms with Gasteiger partial charge in [-0.3, -0.25) is 0 Å². The van der Waals surface area contributed by atoms with Gasteiger partial charge in [0.15, 0.2) is 13.3 Å². The lowest BCUT2D eigenvalue weighted by Gasteiger charge is -2.03. The summed E-state index contributed by atoms with van der Waals surface area (Å²) in [6.07, 6.45) is 0. The van der Waals surface area contributed by atoms with Crippen molar-refractivity contribution in [2.75, 3.05) is 13.3 Å². The quantitative estimate of drug-likeness (QED) is 0.372. The normalized spacial score (nSPS) is 10.0. The van der Waals surface area contributed by atoms with Crippen molar-refractivity contribution in [1.29, 1.82) is 0 Å². The molecule has 0 spiro atoms. The third kappa shape index (κ3) is 7.29. The minimum atomic E-state index is -1.39. The monoisotopic (exact) mass is 188 g/mol. The second kappa shape index (κ2) is 4.94. The fourth-order valence-electron chi connectivity index (χ4n) is 0.456. The van der Waals surface area contributed by atoms with E-state index in [9.17, 15) is 9.18 Å². The molecular weight excluding hydrogens is 175 g/mol. The largest absolute Gasteiger partial charge is 0.451 e. The Morgan fingerprint density at radius 1 is 1.50 bits per heavy atom. The van der Waals surface area contributed by atoms with Gasteiger partial charge in [-0.05, 0) is 0 Å². The van der Waals surface area contributed by atoms with Gasteiger partial charge in [-0.1, -0.05) is 25.6 Å². The lowest BCUT2D eigenvalue weighted by molar-refractivity contribution is -0.143. The number of esters is 1. The second-order valence-electron chi connectivity index (χ2n) is 3.35. The number of rotatable bonds is 2. The van der Waals surface area contributed by atoms with Crippen molar-refractivity contribution in [3.8, 4) is 11.5 Å². The van der Waals surface area contributed by atoms with E-state index in [2.05, 4.69) is 35.8 Å². The summed E-state index contributed by atoms with van der Waals surface area (Å²) in [5.41, 5.74) is 2.99. The molecule has 12 heavy (non-hydrogen) atoms. The van der Waals surface area contributed by atoms with Crippen LogP contribution in [0.3, 0.4) is 0 Å². The van der Waals surface area contributed by atoms with Gasteiger partial charge in [-0.25, -0.2) is 9.18 Å². The number of alkyl halides is 1. The summed E-state index contributed by atoms with van der Waals surface area (Å²) < 4.78 is 16.0. The SMILES string of the molecule is C[Si](C)(C)C#CCOC(=O)CF. The Kier molecular flexibility index (Phi) is 4.60. The highest BCUT2D eigenvalue weighted by Crippen LogP contribution is 1.95. The first kappa shape index (κ1) is 11.2. The molecule has 68 valence electrons. The van der Waals surface area contributed by atoms with Gasteiger partial charge in [0.2, 0.25) is 0 Å². The fraction of sp³-hybridized carbons (Fsp3) is 0.625. The van der Waals surface area contributed by atoms with Crippen LogP contribution in [0.4, 0.5) is 4.39 Å². The maximum Gasteiger partial charge on any atom is 0.338 e. The van der Waals surface area contributed by atoms with E-state index < -0.39 is 20.7 Å². The van der Waals surface area contributed by atoms with Crippen molar-refractivity contribution in [3.63, 3.8) is 0 Å². The first-order valence-corrected chi connectivity index (χ1v) is 7.17. The van der Waals surface area contributed by atoms with Crippen LogP contribution in [0.2, 0.25) is 19.6 Å². The first-order chi connectivity index (χ1) is 5.45. The molecule has 0 rings (SSSR count). The van der Waals surface area contributed by atoms with E-state index in [1.807, 2.05) is 0 Å². The summed E-state index contributed by atoms with van der Waals surface area (Å²) in [5.74, 6) is 1.85. The molecule has 0 unspecified atom stereocenters. The van der Waals surface area contributed by atoms with Crippen LogP contribution in [0.1, 0.15) is 0 Å². The Morgan fingerprint density at radius 3 is 2.50 bits per heavy atom. The molecule has 0 heterocycles. The molecule has 0 aromatic rings. The summed E-state index contributed by atoms with van der Waals surface area (Å²) in [4.78, 5) is 10.3. The predicted octanol–water partition coefficient (Wildman–Crippen LogP) is 1.38. The van der Waals surface area contributed by atoms with E-state index in [1.54, 1.807) is 0 Å². The van der Waals surface area contributed by atoms with Crippen molar-refractivity contribution in [1.82, 2.24) is 0 Å².